The Hall–Kier alpha value is -2.94. The highest BCUT2D eigenvalue weighted by molar-refractivity contribution is 7.88. The van der Waals surface area contributed by atoms with Crippen LogP contribution in [-0.4, -0.2) is 45.0 Å². The molecule has 1 aromatic heterocycles. The Balaban J connectivity index is 1.79. The zero-order valence-corrected chi connectivity index (χ0v) is 23.6. The Bertz CT molecular complexity index is 1420. The molecule has 7 nitrogen and oxygen atoms in total. The smallest absolute Gasteiger partial charge is 0.255 e. The van der Waals surface area contributed by atoms with E-state index in [1.807, 2.05) is 36.4 Å². The van der Waals surface area contributed by atoms with Gasteiger partial charge in [-0.3, -0.25) is 4.79 Å². The number of aromatic nitrogens is 1. The van der Waals surface area contributed by atoms with Gasteiger partial charge >= 0.3 is 0 Å². The van der Waals surface area contributed by atoms with Crippen molar-refractivity contribution in [3.8, 4) is 16.9 Å². The first kappa shape index (κ1) is 28.1. The molecule has 1 atom stereocenters. The van der Waals surface area contributed by atoms with Crippen molar-refractivity contribution in [1.29, 1.82) is 0 Å². The number of methoxy groups -OCH3 is 1. The molecule has 1 fully saturated rings. The SMILES string of the molecule is COc1c(CC(CN2CCCC2)c2ccc(CS(N)(=O)=O)cc2)cc(-c2ccc[nH]c2=O)cc1C(C)(C)C. The molecule has 1 saturated heterocycles. The molecule has 3 N–H and O–H groups in total. The number of benzene rings is 2. The van der Waals surface area contributed by atoms with E-state index in [4.69, 9.17) is 9.88 Å². The lowest BCUT2D eigenvalue weighted by molar-refractivity contribution is 0.310. The second-order valence-corrected chi connectivity index (χ2v) is 13.0. The first-order valence-electron chi connectivity index (χ1n) is 13.2. The molecule has 1 aliphatic heterocycles. The Morgan fingerprint density at radius 1 is 1.08 bits per heavy atom. The van der Waals surface area contributed by atoms with Gasteiger partial charge in [-0.25, -0.2) is 13.6 Å². The number of likely N-dealkylation sites (tertiary alicyclic amines) is 1. The number of sulfonamides is 1. The van der Waals surface area contributed by atoms with Gasteiger partial charge in [0.05, 0.1) is 12.9 Å². The Labute approximate surface area is 226 Å². The van der Waals surface area contributed by atoms with Gasteiger partial charge in [-0.1, -0.05) is 45.0 Å². The number of pyridine rings is 1. The lowest BCUT2D eigenvalue weighted by Gasteiger charge is -2.28. The first-order valence-corrected chi connectivity index (χ1v) is 14.9. The summed E-state index contributed by atoms with van der Waals surface area (Å²) in [4.78, 5) is 18.0. The molecule has 0 saturated carbocycles. The normalized spacial score (nSPS) is 15.5. The molecular weight excluding hydrogens is 498 g/mol. The van der Waals surface area contributed by atoms with E-state index >= 15 is 0 Å². The fraction of sp³-hybridized carbons (Fsp3) is 0.433. The number of nitrogens with one attached hydrogen (secondary N) is 1. The summed E-state index contributed by atoms with van der Waals surface area (Å²) < 4.78 is 29.2. The maximum atomic E-state index is 12.7. The number of nitrogens with two attached hydrogens (primary N) is 1. The fourth-order valence-corrected chi connectivity index (χ4v) is 6.05. The van der Waals surface area contributed by atoms with Crippen molar-refractivity contribution in [2.75, 3.05) is 26.7 Å². The molecule has 0 amide bonds. The summed E-state index contributed by atoms with van der Waals surface area (Å²) in [5.74, 6) is 0.828. The van der Waals surface area contributed by atoms with E-state index in [2.05, 4.69) is 42.8 Å². The van der Waals surface area contributed by atoms with Crippen molar-refractivity contribution in [3.63, 3.8) is 0 Å². The molecule has 2 heterocycles. The van der Waals surface area contributed by atoms with Crippen LogP contribution < -0.4 is 15.4 Å². The molecule has 0 radical (unpaired) electrons. The van der Waals surface area contributed by atoms with Gasteiger partial charge in [0.1, 0.15) is 5.75 Å². The van der Waals surface area contributed by atoms with Crippen LogP contribution in [-0.2, 0) is 27.6 Å². The molecule has 2 aromatic carbocycles. The van der Waals surface area contributed by atoms with Gasteiger partial charge in [0.15, 0.2) is 0 Å². The lowest BCUT2D eigenvalue weighted by atomic mass is 9.81. The van der Waals surface area contributed by atoms with Crippen molar-refractivity contribution in [2.24, 2.45) is 5.14 Å². The van der Waals surface area contributed by atoms with Crippen molar-refractivity contribution < 1.29 is 13.2 Å². The molecule has 1 aliphatic rings. The number of rotatable bonds is 9. The van der Waals surface area contributed by atoms with E-state index in [0.717, 1.165) is 54.1 Å². The van der Waals surface area contributed by atoms with Crippen LogP contribution in [0.25, 0.3) is 11.1 Å². The second-order valence-electron chi connectivity index (χ2n) is 11.3. The maximum absolute atomic E-state index is 12.7. The van der Waals surface area contributed by atoms with Crippen LogP contribution in [0.15, 0.2) is 59.5 Å². The molecule has 204 valence electrons. The Morgan fingerprint density at radius 3 is 2.34 bits per heavy atom. The summed E-state index contributed by atoms with van der Waals surface area (Å²) in [6.07, 6.45) is 4.76. The highest BCUT2D eigenvalue weighted by Gasteiger charge is 2.26. The van der Waals surface area contributed by atoms with E-state index in [0.29, 0.717) is 11.1 Å². The van der Waals surface area contributed by atoms with Crippen LogP contribution in [0.2, 0.25) is 0 Å². The zero-order chi connectivity index (χ0) is 27.5. The van der Waals surface area contributed by atoms with Crippen LogP contribution >= 0.6 is 0 Å². The van der Waals surface area contributed by atoms with Crippen molar-refractivity contribution in [3.05, 3.63) is 87.3 Å². The van der Waals surface area contributed by atoms with Gasteiger partial charge in [0, 0.05) is 29.8 Å². The molecule has 0 spiro atoms. The van der Waals surface area contributed by atoms with Crippen molar-refractivity contribution in [1.82, 2.24) is 9.88 Å². The number of H-pyrrole nitrogens is 1. The van der Waals surface area contributed by atoms with Gasteiger partial charge in [-0.05, 0) is 84.3 Å². The molecule has 38 heavy (non-hydrogen) atoms. The number of hydrogen-bond acceptors (Lipinski definition) is 5. The van der Waals surface area contributed by atoms with Crippen molar-refractivity contribution in [2.45, 2.75) is 57.1 Å². The molecule has 8 heteroatoms. The fourth-order valence-electron chi connectivity index (χ4n) is 5.39. The van der Waals surface area contributed by atoms with E-state index in [1.165, 1.54) is 12.8 Å². The average Bonchev–Trinajstić information content (AvgIpc) is 3.35. The molecule has 3 aromatic rings. The van der Waals surface area contributed by atoms with Crippen LogP contribution in [0.1, 0.15) is 61.8 Å². The summed E-state index contributed by atoms with van der Waals surface area (Å²) in [7, 11) is -1.88. The highest BCUT2D eigenvalue weighted by atomic mass is 32.2. The van der Waals surface area contributed by atoms with Gasteiger partial charge in [-0.2, -0.15) is 0 Å². The minimum absolute atomic E-state index is 0.123. The van der Waals surface area contributed by atoms with Gasteiger partial charge in [0.2, 0.25) is 10.0 Å². The molecule has 0 aliphatic carbocycles. The van der Waals surface area contributed by atoms with Crippen LogP contribution in [0.4, 0.5) is 0 Å². The number of aromatic amines is 1. The molecule has 4 rings (SSSR count). The molecular formula is C30H39N3O4S. The van der Waals surface area contributed by atoms with Gasteiger partial charge < -0.3 is 14.6 Å². The third-order valence-electron chi connectivity index (χ3n) is 7.27. The second kappa shape index (κ2) is 11.4. The third kappa shape index (κ3) is 6.92. The Kier molecular flexibility index (Phi) is 8.45. The Morgan fingerprint density at radius 2 is 1.76 bits per heavy atom. The monoisotopic (exact) mass is 537 g/mol. The van der Waals surface area contributed by atoms with E-state index < -0.39 is 10.0 Å². The number of nitrogens with zero attached hydrogens (tertiary/aromatic N) is 1. The summed E-state index contributed by atoms with van der Waals surface area (Å²) in [5.41, 5.74) is 5.10. The van der Waals surface area contributed by atoms with E-state index in [1.54, 1.807) is 13.3 Å². The number of primary sulfonamides is 1. The van der Waals surface area contributed by atoms with Gasteiger partial charge in [0.25, 0.3) is 5.56 Å². The zero-order valence-electron chi connectivity index (χ0n) is 22.8. The largest absolute Gasteiger partial charge is 0.496 e. The average molecular weight is 538 g/mol. The van der Waals surface area contributed by atoms with Crippen LogP contribution in [0.5, 0.6) is 5.75 Å². The van der Waals surface area contributed by atoms with E-state index in [9.17, 15) is 13.2 Å². The standard InChI is InChI=1S/C30H39N3O4S/c1-30(2,3)27-18-23(26-8-7-13-32-29(26)34)16-24(28(27)37-4)17-25(19-33-14-5-6-15-33)22-11-9-21(10-12-22)20-38(31,35)36/h7-13,16,18,25H,5-6,14-15,17,19-20H2,1-4H3,(H,32,34)(H2,31,35,36). The minimum atomic E-state index is -3.59. The van der Waals surface area contributed by atoms with Crippen LogP contribution in [0.3, 0.4) is 0 Å². The number of ether oxygens (including phenoxy) is 1. The lowest BCUT2D eigenvalue weighted by Crippen LogP contribution is -2.27. The van der Waals surface area contributed by atoms with Crippen LogP contribution in [0, 0.1) is 0 Å². The molecule has 0 bridgehead atoms. The van der Waals surface area contributed by atoms with Gasteiger partial charge in [-0.15, -0.1) is 0 Å². The predicted molar refractivity (Wildman–Crippen MR) is 153 cm³/mol. The summed E-state index contributed by atoms with van der Waals surface area (Å²) in [6.45, 7) is 9.49. The van der Waals surface area contributed by atoms with E-state index in [-0.39, 0.29) is 22.6 Å². The number of hydrogen-bond donors (Lipinski definition) is 2. The highest BCUT2D eigenvalue weighted by Crippen LogP contribution is 2.39. The van der Waals surface area contributed by atoms with Crippen molar-refractivity contribution >= 4 is 10.0 Å². The summed E-state index contributed by atoms with van der Waals surface area (Å²) in [5, 5.41) is 5.26. The molecule has 1 unspecified atom stereocenters. The quantitative estimate of drug-likeness (QED) is 0.416. The first-order chi connectivity index (χ1) is 17.9. The maximum Gasteiger partial charge on any atom is 0.255 e. The third-order valence-corrected chi connectivity index (χ3v) is 8.01. The topological polar surface area (TPSA) is 105 Å². The predicted octanol–water partition coefficient (Wildman–Crippen LogP) is 4.56. The summed E-state index contributed by atoms with van der Waals surface area (Å²) in [6, 6.07) is 15.6. The summed E-state index contributed by atoms with van der Waals surface area (Å²) >= 11 is 0. The minimum Gasteiger partial charge on any atom is -0.496 e.